The number of amides is 3. The monoisotopic (exact) mass is 834 g/mol. The number of hydrogen-bond acceptors (Lipinski definition) is 10. The van der Waals surface area contributed by atoms with E-state index < -0.39 is 43.1 Å². The number of hydrogen-bond donors (Lipinski definition) is 4. The van der Waals surface area contributed by atoms with E-state index in [1.807, 2.05) is 18.2 Å². The summed E-state index contributed by atoms with van der Waals surface area (Å²) in [5, 5.41) is 12.0. The lowest BCUT2D eigenvalue weighted by Crippen LogP contribution is -3.00. The molecule has 0 aliphatic carbocycles. The molecule has 0 radical (unpaired) electrons. The topological polar surface area (TPSA) is 166 Å². The molecular formula is C37H48BrN4O7PS2. The van der Waals surface area contributed by atoms with Crippen LogP contribution in [0.3, 0.4) is 0 Å². The number of halogens is 1. The maximum absolute atomic E-state index is 12.9. The normalized spacial score (nSPS) is 12.0. The second-order valence-corrected chi connectivity index (χ2v) is 17.5. The third kappa shape index (κ3) is 14.5. The van der Waals surface area contributed by atoms with Crippen molar-refractivity contribution in [2.75, 3.05) is 44.0 Å². The van der Waals surface area contributed by atoms with Crippen LogP contribution in [0.5, 0.6) is 0 Å². The molecule has 0 bridgehead atoms. The molecule has 3 amide bonds. The summed E-state index contributed by atoms with van der Waals surface area (Å²) in [6.45, 7) is 3.80. The third-order valence-electron chi connectivity index (χ3n) is 7.73. The van der Waals surface area contributed by atoms with Gasteiger partial charge in [-0.1, -0.05) is 76.2 Å². The van der Waals surface area contributed by atoms with Gasteiger partial charge >= 0.3 is 11.9 Å². The quantitative estimate of drug-likeness (QED) is 0.0458. The van der Waals surface area contributed by atoms with Gasteiger partial charge in [0.05, 0.1) is 25.1 Å². The molecule has 0 aromatic heterocycles. The second kappa shape index (κ2) is 24.8. The van der Waals surface area contributed by atoms with Crippen LogP contribution < -0.4 is 54.6 Å². The molecule has 3 rings (SSSR count). The highest BCUT2D eigenvalue weighted by Crippen LogP contribution is 2.55. The Morgan fingerprint density at radius 3 is 1.81 bits per heavy atom. The van der Waals surface area contributed by atoms with Crippen molar-refractivity contribution in [2.45, 2.75) is 45.2 Å². The van der Waals surface area contributed by atoms with Gasteiger partial charge in [-0.15, -0.1) is 0 Å². The highest BCUT2D eigenvalue weighted by Gasteiger charge is 2.44. The number of ether oxygens (including phenoxy) is 2. The lowest BCUT2D eigenvalue weighted by molar-refractivity contribution is -0.145. The Balaban J connectivity index is 0.00000936. The van der Waals surface area contributed by atoms with Crippen molar-refractivity contribution in [1.29, 1.82) is 0 Å². The van der Waals surface area contributed by atoms with Crippen molar-refractivity contribution >= 4 is 74.4 Å². The van der Waals surface area contributed by atoms with Gasteiger partial charge in [-0.2, -0.15) is 0 Å². The molecule has 11 nitrogen and oxygen atoms in total. The van der Waals surface area contributed by atoms with Crippen molar-refractivity contribution in [3.63, 3.8) is 0 Å². The summed E-state index contributed by atoms with van der Waals surface area (Å²) in [6.07, 6.45) is 1.57. The van der Waals surface area contributed by atoms with E-state index >= 15 is 0 Å². The molecule has 0 saturated heterocycles. The van der Waals surface area contributed by atoms with E-state index in [-0.39, 0.29) is 67.0 Å². The number of rotatable bonds is 22. The van der Waals surface area contributed by atoms with E-state index in [4.69, 9.17) is 15.2 Å². The number of nitrogens with two attached hydrogens (primary N) is 1. The minimum atomic E-state index is -2.00. The Bertz CT molecular complexity index is 1450. The number of nitrogens with one attached hydrogen (secondary N) is 3. The minimum absolute atomic E-state index is 0. The first-order chi connectivity index (χ1) is 24.7. The lowest BCUT2D eigenvalue weighted by Gasteiger charge is -2.27. The van der Waals surface area contributed by atoms with E-state index in [9.17, 15) is 24.0 Å². The summed E-state index contributed by atoms with van der Waals surface area (Å²) >= 11 is 0. The van der Waals surface area contributed by atoms with Gasteiger partial charge in [-0.05, 0) is 63.1 Å². The van der Waals surface area contributed by atoms with Crippen LogP contribution in [0.1, 0.15) is 33.1 Å². The summed E-state index contributed by atoms with van der Waals surface area (Å²) in [5.74, 6) is -2.16. The van der Waals surface area contributed by atoms with Gasteiger partial charge in [0.2, 0.25) is 17.7 Å². The predicted molar refractivity (Wildman–Crippen MR) is 208 cm³/mol. The molecule has 0 aliphatic heterocycles. The van der Waals surface area contributed by atoms with Crippen molar-refractivity contribution in [1.82, 2.24) is 16.0 Å². The zero-order valence-corrected chi connectivity index (χ0v) is 33.6. The first-order valence-corrected chi connectivity index (χ1v) is 21.4. The highest BCUT2D eigenvalue weighted by molar-refractivity contribution is 8.76. The fourth-order valence-electron chi connectivity index (χ4n) is 5.29. The molecule has 0 unspecified atom stereocenters. The van der Waals surface area contributed by atoms with Crippen LogP contribution >= 0.6 is 28.9 Å². The highest BCUT2D eigenvalue weighted by atomic mass is 79.9. The van der Waals surface area contributed by atoms with Crippen LogP contribution in [0, 0.1) is 0 Å². The number of carbonyl (C=O) groups is 5. The standard InChI is InChI=1S/C37H47N4O7PS2.BrH/c1-3-47-35(44)25-40-36(45)32(41-33(42)22-21-31(38)37(46)48-4-2)26-50-51-27-34(43)39-23-14-24-49(28-15-8-5-9-16-28,29-17-10-6-11-18-29)30-19-12-7-13-20-30;/h5-13,15-20,31-32H,3-4,14,21-27,38H2,1-2H3,(H2-,39,40,41,42,43,45);1H/t31-,32-;/m0./s1. The zero-order chi connectivity index (χ0) is 36.9. The largest absolute Gasteiger partial charge is 1.00 e. The van der Waals surface area contributed by atoms with E-state index in [0.29, 0.717) is 6.54 Å². The van der Waals surface area contributed by atoms with Crippen molar-refractivity contribution in [3.8, 4) is 0 Å². The molecule has 2 atom stereocenters. The fraction of sp³-hybridized carbons (Fsp3) is 0.378. The van der Waals surface area contributed by atoms with E-state index in [2.05, 4.69) is 88.7 Å². The summed E-state index contributed by atoms with van der Waals surface area (Å²) in [5.41, 5.74) is 5.79. The number of benzene rings is 3. The average molecular weight is 836 g/mol. The molecule has 0 spiro atoms. The van der Waals surface area contributed by atoms with E-state index in [0.717, 1.165) is 12.6 Å². The number of esters is 2. The molecule has 15 heteroatoms. The molecule has 0 aliphatic rings. The van der Waals surface area contributed by atoms with Gasteiger partial charge in [0, 0.05) is 18.7 Å². The molecular weight excluding hydrogens is 787 g/mol. The number of carbonyl (C=O) groups excluding carboxylic acids is 5. The predicted octanol–water partition coefficient (Wildman–Crippen LogP) is -0.293. The summed E-state index contributed by atoms with van der Waals surface area (Å²) in [6, 6.07) is 29.8. The van der Waals surface area contributed by atoms with Gasteiger partial charge in [0.25, 0.3) is 0 Å². The first-order valence-electron chi connectivity index (χ1n) is 16.9. The Labute approximate surface area is 325 Å². The Kier molecular flexibility index (Phi) is 21.3. The molecule has 5 N–H and O–H groups in total. The molecule has 0 fully saturated rings. The zero-order valence-electron chi connectivity index (χ0n) is 29.5. The van der Waals surface area contributed by atoms with Gasteiger partial charge in [0.15, 0.2) is 0 Å². The summed E-state index contributed by atoms with van der Waals surface area (Å²) in [4.78, 5) is 61.9. The smallest absolute Gasteiger partial charge is 0.325 e. The van der Waals surface area contributed by atoms with Gasteiger partial charge in [0.1, 0.15) is 41.8 Å². The molecule has 52 heavy (non-hydrogen) atoms. The Hall–Kier alpha value is -3.42. The molecule has 3 aromatic rings. The Morgan fingerprint density at radius 1 is 0.750 bits per heavy atom. The molecule has 0 heterocycles. The minimum Gasteiger partial charge on any atom is -1.00 e. The van der Waals surface area contributed by atoms with Crippen LogP contribution in [-0.2, 0) is 33.4 Å². The van der Waals surface area contributed by atoms with Crippen molar-refractivity contribution in [2.24, 2.45) is 5.73 Å². The third-order valence-corrected chi connectivity index (χ3v) is 14.5. The van der Waals surface area contributed by atoms with Crippen molar-refractivity contribution in [3.05, 3.63) is 91.0 Å². The SMILES string of the molecule is CCOC(=O)CNC(=O)[C@H](CSSCC(=O)NCCC[P+](c1ccccc1)(c1ccccc1)c1ccccc1)NC(=O)CC[C@H](N)C(=O)OCC.[Br-]. The summed E-state index contributed by atoms with van der Waals surface area (Å²) < 4.78 is 9.73. The van der Waals surface area contributed by atoms with Crippen molar-refractivity contribution < 1.29 is 50.4 Å². The van der Waals surface area contributed by atoms with Gasteiger partial charge in [-0.3, -0.25) is 24.0 Å². The Morgan fingerprint density at radius 2 is 1.29 bits per heavy atom. The summed E-state index contributed by atoms with van der Waals surface area (Å²) in [7, 11) is 0.504. The molecule has 0 saturated carbocycles. The van der Waals surface area contributed by atoms with Gasteiger partial charge in [-0.25, -0.2) is 0 Å². The fourth-order valence-corrected chi connectivity index (χ4v) is 11.7. The van der Waals surface area contributed by atoms with Crippen LogP contribution in [0.2, 0.25) is 0 Å². The van der Waals surface area contributed by atoms with Crippen LogP contribution in [0.4, 0.5) is 0 Å². The van der Waals surface area contributed by atoms with Crippen LogP contribution in [0.15, 0.2) is 91.0 Å². The lowest BCUT2D eigenvalue weighted by atomic mass is 10.1. The van der Waals surface area contributed by atoms with Gasteiger partial charge < -0.3 is 48.1 Å². The maximum Gasteiger partial charge on any atom is 0.325 e. The van der Waals surface area contributed by atoms with Crippen LogP contribution in [-0.4, -0.2) is 85.7 Å². The van der Waals surface area contributed by atoms with E-state index in [1.165, 1.54) is 37.5 Å². The molecule has 282 valence electrons. The maximum atomic E-state index is 12.9. The first kappa shape index (κ1) is 44.7. The van der Waals surface area contributed by atoms with Crippen LogP contribution in [0.25, 0.3) is 0 Å². The molecule has 3 aromatic carbocycles. The second-order valence-electron chi connectivity index (χ2n) is 11.3. The van der Waals surface area contributed by atoms with E-state index in [1.54, 1.807) is 13.8 Å². The average Bonchev–Trinajstić information content (AvgIpc) is 3.15.